The van der Waals surface area contributed by atoms with Crippen molar-refractivity contribution in [2.24, 2.45) is 0 Å². The van der Waals surface area contributed by atoms with Gasteiger partial charge in [-0.05, 0) is 25.8 Å². The average molecular weight is 293 g/mol. The molecule has 0 spiro atoms. The number of amides is 1. The van der Waals surface area contributed by atoms with E-state index in [4.69, 9.17) is 4.74 Å². The Bertz CT molecular complexity index is 472. The zero-order chi connectivity index (χ0) is 15.9. The van der Waals surface area contributed by atoms with Gasteiger partial charge in [-0.3, -0.25) is 4.79 Å². The van der Waals surface area contributed by atoms with Gasteiger partial charge in [-0.15, -0.1) is 0 Å². The predicted molar refractivity (Wildman–Crippen MR) is 79.9 cm³/mol. The molecule has 0 bridgehead atoms. The van der Waals surface area contributed by atoms with Crippen LogP contribution in [-0.4, -0.2) is 29.7 Å². The number of carbonyl (C=O) groups excluding carboxylic acids is 1. The number of hydrogen-bond acceptors (Lipinski definition) is 3. The van der Waals surface area contributed by atoms with E-state index in [-0.39, 0.29) is 31.5 Å². The second-order valence-electron chi connectivity index (χ2n) is 5.15. The fourth-order valence-electron chi connectivity index (χ4n) is 2.10. The topological polar surface area (TPSA) is 75.6 Å². The first kappa shape index (κ1) is 17.2. The van der Waals surface area contributed by atoms with Crippen molar-refractivity contribution >= 4 is 11.9 Å². The van der Waals surface area contributed by atoms with E-state index < -0.39 is 11.5 Å². The first-order valence-electron chi connectivity index (χ1n) is 7.14. The second kappa shape index (κ2) is 7.78. The number of carboxylic acid groups (broad SMARTS) is 1. The van der Waals surface area contributed by atoms with Gasteiger partial charge in [0.2, 0.25) is 5.91 Å². The van der Waals surface area contributed by atoms with Gasteiger partial charge in [-0.2, -0.15) is 0 Å². The summed E-state index contributed by atoms with van der Waals surface area (Å²) in [7, 11) is 0. The van der Waals surface area contributed by atoms with Gasteiger partial charge in [0.1, 0.15) is 0 Å². The molecule has 21 heavy (non-hydrogen) atoms. The van der Waals surface area contributed by atoms with Gasteiger partial charge in [-0.1, -0.05) is 37.3 Å². The third-order valence-corrected chi connectivity index (χ3v) is 3.30. The maximum absolute atomic E-state index is 12.0. The molecule has 0 heterocycles. The minimum Gasteiger partial charge on any atom is -0.479 e. The standard InChI is InChI=1S/C16H23NO4/c1-4-16(15(19)20,13-8-6-5-7-9-13)17-14(18)10-11-21-12(2)3/h5-9,12H,4,10-11H2,1-3H3,(H,17,18)(H,19,20). The van der Waals surface area contributed by atoms with Crippen LogP contribution in [0.25, 0.3) is 0 Å². The van der Waals surface area contributed by atoms with Crippen molar-refractivity contribution in [1.82, 2.24) is 5.32 Å². The summed E-state index contributed by atoms with van der Waals surface area (Å²) in [4.78, 5) is 23.7. The van der Waals surface area contributed by atoms with E-state index in [1.54, 1.807) is 31.2 Å². The van der Waals surface area contributed by atoms with Crippen LogP contribution in [0.2, 0.25) is 0 Å². The zero-order valence-corrected chi connectivity index (χ0v) is 12.8. The summed E-state index contributed by atoms with van der Waals surface area (Å²) in [6.07, 6.45) is 0.450. The summed E-state index contributed by atoms with van der Waals surface area (Å²) in [6.45, 7) is 5.79. The molecular formula is C16H23NO4. The van der Waals surface area contributed by atoms with Crippen LogP contribution in [-0.2, 0) is 19.9 Å². The van der Waals surface area contributed by atoms with Gasteiger partial charge in [-0.25, -0.2) is 4.79 Å². The van der Waals surface area contributed by atoms with Crippen molar-refractivity contribution in [3.8, 4) is 0 Å². The molecule has 0 aliphatic carbocycles. The minimum absolute atomic E-state index is 0.0438. The normalized spacial score (nSPS) is 13.7. The third kappa shape index (κ3) is 4.56. The fourth-order valence-corrected chi connectivity index (χ4v) is 2.10. The van der Waals surface area contributed by atoms with E-state index in [0.717, 1.165) is 0 Å². The van der Waals surface area contributed by atoms with E-state index in [0.29, 0.717) is 5.56 Å². The lowest BCUT2D eigenvalue weighted by Gasteiger charge is -2.30. The summed E-state index contributed by atoms with van der Waals surface area (Å²) in [6, 6.07) is 8.75. The minimum atomic E-state index is -1.39. The Balaban J connectivity index is 2.85. The first-order valence-corrected chi connectivity index (χ1v) is 7.14. The average Bonchev–Trinajstić information content (AvgIpc) is 2.45. The van der Waals surface area contributed by atoms with Crippen molar-refractivity contribution in [2.45, 2.75) is 45.3 Å². The summed E-state index contributed by atoms with van der Waals surface area (Å²) in [5.41, 5.74) is -0.825. The molecule has 0 saturated heterocycles. The lowest BCUT2D eigenvalue weighted by molar-refractivity contribution is -0.148. The van der Waals surface area contributed by atoms with Gasteiger partial charge < -0.3 is 15.2 Å². The molecule has 1 amide bonds. The Hall–Kier alpha value is -1.88. The molecule has 116 valence electrons. The molecule has 0 fully saturated rings. The van der Waals surface area contributed by atoms with Crippen LogP contribution in [0.5, 0.6) is 0 Å². The van der Waals surface area contributed by atoms with E-state index in [1.807, 2.05) is 19.9 Å². The second-order valence-corrected chi connectivity index (χ2v) is 5.15. The summed E-state index contributed by atoms with van der Waals surface area (Å²) in [5.74, 6) is -1.39. The van der Waals surface area contributed by atoms with Crippen LogP contribution in [0.4, 0.5) is 0 Å². The smallest absolute Gasteiger partial charge is 0.334 e. The molecular weight excluding hydrogens is 270 g/mol. The Morgan fingerprint density at radius 2 is 1.90 bits per heavy atom. The maximum Gasteiger partial charge on any atom is 0.334 e. The van der Waals surface area contributed by atoms with Crippen LogP contribution in [0.3, 0.4) is 0 Å². The third-order valence-electron chi connectivity index (χ3n) is 3.30. The zero-order valence-electron chi connectivity index (χ0n) is 12.8. The van der Waals surface area contributed by atoms with Gasteiger partial charge in [0.25, 0.3) is 0 Å². The van der Waals surface area contributed by atoms with Crippen molar-refractivity contribution in [3.63, 3.8) is 0 Å². The predicted octanol–water partition coefficient (Wildman–Crippen LogP) is 2.31. The van der Waals surface area contributed by atoms with Crippen LogP contribution in [0.15, 0.2) is 30.3 Å². The van der Waals surface area contributed by atoms with E-state index in [2.05, 4.69) is 5.32 Å². The lowest BCUT2D eigenvalue weighted by atomic mass is 9.87. The fraction of sp³-hybridized carbons (Fsp3) is 0.500. The molecule has 0 radical (unpaired) electrons. The SMILES string of the molecule is CCC(NC(=O)CCOC(C)C)(C(=O)O)c1ccccc1. The molecule has 0 aliphatic heterocycles. The summed E-state index contributed by atoms with van der Waals surface area (Å²) < 4.78 is 5.32. The summed E-state index contributed by atoms with van der Waals surface area (Å²) >= 11 is 0. The maximum atomic E-state index is 12.0. The van der Waals surface area contributed by atoms with Crippen molar-refractivity contribution in [3.05, 3.63) is 35.9 Å². The number of carbonyl (C=O) groups is 2. The molecule has 2 N–H and O–H groups in total. The highest BCUT2D eigenvalue weighted by molar-refractivity contribution is 5.88. The molecule has 0 saturated carbocycles. The van der Waals surface area contributed by atoms with Gasteiger partial charge in [0.15, 0.2) is 5.54 Å². The Labute approximate surface area is 125 Å². The van der Waals surface area contributed by atoms with Crippen molar-refractivity contribution in [1.29, 1.82) is 0 Å². The number of aliphatic carboxylic acids is 1. The number of hydrogen-bond donors (Lipinski definition) is 2. The number of carboxylic acids is 1. The molecule has 0 aromatic heterocycles. The van der Waals surface area contributed by atoms with E-state index in [9.17, 15) is 14.7 Å². The first-order chi connectivity index (χ1) is 9.92. The molecule has 1 atom stereocenters. The largest absolute Gasteiger partial charge is 0.479 e. The number of ether oxygens (including phenoxy) is 1. The van der Waals surface area contributed by atoms with Crippen molar-refractivity contribution < 1.29 is 19.4 Å². The van der Waals surface area contributed by atoms with Crippen LogP contribution < -0.4 is 5.32 Å². The van der Waals surface area contributed by atoms with Gasteiger partial charge >= 0.3 is 5.97 Å². The monoisotopic (exact) mass is 293 g/mol. The highest BCUT2D eigenvalue weighted by Gasteiger charge is 2.39. The molecule has 1 rings (SSSR count). The van der Waals surface area contributed by atoms with Crippen LogP contribution >= 0.6 is 0 Å². The highest BCUT2D eigenvalue weighted by Crippen LogP contribution is 2.25. The Morgan fingerprint density at radius 3 is 2.38 bits per heavy atom. The number of nitrogens with one attached hydrogen (secondary N) is 1. The van der Waals surface area contributed by atoms with Crippen LogP contribution in [0, 0.1) is 0 Å². The summed E-state index contributed by atoms with van der Waals surface area (Å²) in [5, 5.41) is 12.2. The Kier molecular flexibility index (Phi) is 6.37. The molecule has 1 unspecified atom stereocenters. The lowest BCUT2D eigenvalue weighted by Crippen LogP contribution is -2.51. The molecule has 1 aromatic rings. The molecule has 1 aromatic carbocycles. The molecule has 5 heteroatoms. The van der Waals surface area contributed by atoms with Crippen molar-refractivity contribution in [2.75, 3.05) is 6.61 Å². The van der Waals surface area contributed by atoms with E-state index in [1.165, 1.54) is 0 Å². The van der Waals surface area contributed by atoms with Crippen LogP contribution in [0.1, 0.15) is 39.2 Å². The number of rotatable bonds is 8. The molecule has 5 nitrogen and oxygen atoms in total. The van der Waals surface area contributed by atoms with Gasteiger partial charge in [0, 0.05) is 0 Å². The Morgan fingerprint density at radius 1 is 1.29 bits per heavy atom. The number of benzene rings is 1. The highest BCUT2D eigenvalue weighted by atomic mass is 16.5. The quantitative estimate of drug-likeness (QED) is 0.771. The molecule has 0 aliphatic rings. The van der Waals surface area contributed by atoms with Gasteiger partial charge in [0.05, 0.1) is 19.1 Å². The van der Waals surface area contributed by atoms with E-state index >= 15 is 0 Å².